The van der Waals surface area contributed by atoms with Crippen LogP contribution in [0.25, 0.3) is 10.9 Å². The van der Waals surface area contributed by atoms with Gasteiger partial charge in [0.2, 0.25) is 34.9 Å². The van der Waals surface area contributed by atoms with E-state index in [0.717, 1.165) is 28.5 Å². The van der Waals surface area contributed by atoms with Crippen LogP contribution in [0.1, 0.15) is 18.4 Å². The Morgan fingerprint density at radius 1 is 1.14 bits per heavy atom. The molecule has 2 aromatic rings. The first-order valence-electron chi connectivity index (χ1n) is 13.3. The van der Waals surface area contributed by atoms with E-state index in [1.165, 1.54) is 0 Å². The highest BCUT2D eigenvalue weighted by molar-refractivity contribution is 6.25. The Hall–Kier alpha value is -4.53. The van der Waals surface area contributed by atoms with Crippen molar-refractivity contribution in [1.82, 2.24) is 20.5 Å². The number of methoxy groups -OCH3 is 1. The van der Waals surface area contributed by atoms with Crippen LogP contribution in [0.5, 0.6) is 0 Å². The molecule has 0 unspecified atom stereocenters. The SMILES string of the molecule is COC1=C(O)C(=O)C2=C(C1=O)[C@H]1N[C@@H](Cc3c[nH]c4ccccc34)C(=O)N1[C@@H](C(=O)N[C@@H](CC(CO)CO)C(=O)O)C2. The summed E-state index contributed by atoms with van der Waals surface area (Å²) in [4.78, 5) is 70.1. The number of nitrogens with one attached hydrogen (secondary N) is 3. The van der Waals surface area contributed by atoms with Crippen molar-refractivity contribution in [3.63, 3.8) is 0 Å². The third kappa shape index (κ3) is 4.82. The first kappa shape index (κ1) is 29.0. The van der Waals surface area contributed by atoms with E-state index < -0.39 is 90.7 Å². The number of carboxylic acid groups (broad SMARTS) is 1. The van der Waals surface area contributed by atoms with E-state index in [9.17, 15) is 44.4 Å². The van der Waals surface area contributed by atoms with Crippen LogP contribution in [-0.2, 0) is 35.1 Å². The zero-order valence-electron chi connectivity index (χ0n) is 22.5. The summed E-state index contributed by atoms with van der Waals surface area (Å²) in [5.74, 6) is -7.00. The molecule has 1 aromatic heterocycles. The number of nitrogens with zero attached hydrogens (tertiary/aromatic N) is 1. The van der Waals surface area contributed by atoms with Crippen LogP contribution < -0.4 is 10.6 Å². The molecule has 4 atom stereocenters. The first-order chi connectivity index (χ1) is 20.1. The molecule has 7 N–H and O–H groups in total. The number of aromatic amines is 1. The van der Waals surface area contributed by atoms with Crippen molar-refractivity contribution >= 4 is 40.3 Å². The summed E-state index contributed by atoms with van der Waals surface area (Å²) in [6.45, 7) is -1.04. The molecule has 0 saturated carbocycles. The van der Waals surface area contributed by atoms with E-state index in [2.05, 4.69) is 15.6 Å². The largest absolute Gasteiger partial charge is 0.501 e. The highest BCUT2D eigenvalue weighted by Crippen LogP contribution is 2.39. The number of carbonyl (C=O) groups is 5. The van der Waals surface area contributed by atoms with Gasteiger partial charge in [-0.2, -0.15) is 0 Å². The monoisotopic (exact) mass is 582 g/mol. The van der Waals surface area contributed by atoms with Crippen LogP contribution in [0.4, 0.5) is 0 Å². The van der Waals surface area contributed by atoms with E-state index >= 15 is 0 Å². The van der Waals surface area contributed by atoms with Crippen molar-refractivity contribution in [2.24, 2.45) is 5.92 Å². The first-order valence-corrected chi connectivity index (χ1v) is 13.3. The maximum atomic E-state index is 13.9. The fourth-order valence-electron chi connectivity index (χ4n) is 5.83. The molecule has 5 rings (SSSR count). The Morgan fingerprint density at radius 2 is 1.86 bits per heavy atom. The average Bonchev–Trinajstić information content (AvgIpc) is 3.54. The number of aromatic nitrogens is 1. The Balaban J connectivity index is 1.51. The quantitative estimate of drug-likeness (QED) is 0.169. The average molecular weight is 583 g/mol. The molecule has 2 aliphatic heterocycles. The Morgan fingerprint density at radius 3 is 2.52 bits per heavy atom. The Kier molecular flexibility index (Phi) is 7.86. The second-order valence-electron chi connectivity index (χ2n) is 10.4. The van der Waals surface area contributed by atoms with Gasteiger partial charge in [-0.25, -0.2) is 4.79 Å². The lowest BCUT2D eigenvalue weighted by Crippen LogP contribution is -2.59. The van der Waals surface area contributed by atoms with Gasteiger partial charge in [-0.3, -0.25) is 24.5 Å². The topological polar surface area (TPSA) is 219 Å². The molecular weight excluding hydrogens is 552 g/mol. The van der Waals surface area contributed by atoms with Gasteiger partial charge in [-0.15, -0.1) is 0 Å². The number of hydrogen-bond acceptors (Lipinski definition) is 10. The van der Waals surface area contributed by atoms with Crippen molar-refractivity contribution in [3.8, 4) is 0 Å². The van der Waals surface area contributed by atoms with Gasteiger partial charge >= 0.3 is 5.97 Å². The molecule has 0 radical (unpaired) electrons. The van der Waals surface area contributed by atoms with E-state index in [1.807, 2.05) is 24.3 Å². The lowest BCUT2D eigenvalue weighted by molar-refractivity contribution is -0.145. The molecule has 1 aliphatic carbocycles. The summed E-state index contributed by atoms with van der Waals surface area (Å²) in [5, 5.41) is 45.2. The number of carboxylic acids is 1. The number of aliphatic hydroxyl groups excluding tert-OH is 3. The lowest BCUT2D eigenvalue weighted by atomic mass is 9.82. The summed E-state index contributed by atoms with van der Waals surface area (Å²) >= 11 is 0. The van der Waals surface area contributed by atoms with Crippen LogP contribution in [0.3, 0.4) is 0 Å². The zero-order chi connectivity index (χ0) is 30.3. The number of allylic oxidation sites excluding steroid dienone is 2. The van der Waals surface area contributed by atoms with Gasteiger partial charge in [0.15, 0.2) is 0 Å². The normalized spacial score (nSPS) is 23.0. The number of aliphatic hydroxyl groups is 3. The maximum Gasteiger partial charge on any atom is 0.326 e. The molecule has 2 amide bonds. The molecule has 1 aromatic carbocycles. The number of carbonyl (C=O) groups excluding carboxylic acids is 4. The number of H-pyrrole nitrogens is 1. The van der Waals surface area contributed by atoms with E-state index in [0.29, 0.717) is 0 Å². The number of Topliss-reactive ketones (excluding diaryl/α,β-unsaturated/α-hetero) is 2. The summed E-state index contributed by atoms with van der Waals surface area (Å²) in [5.41, 5.74) is 1.31. The molecule has 3 aliphatic rings. The minimum Gasteiger partial charge on any atom is -0.501 e. The second-order valence-corrected chi connectivity index (χ2v) is 10.4. The van der Waals surface area contributed by atoms with Crippen molar-refractivity contribution < 1.29 is 49.1 Å². The zero-order valence-corrected chi connectivity index (χ0v) is 22.5. The van der Waals surface area contributed by atoms with Crippen LogP contribution in [0, 0.1) is 5.92 Å². The van der Waals surface area contributed by atoms with Crippen molar-refractivity contribution in [3.05, 3.63) is 58.7 Å². The number of fused-ring (bicyclic) bond motifs is 3. The van der Waals surface area contributed by atoms with Gasteiger partial charge in [0, 0.05) is 53.8 Å². The summed E-state index contributed by atoms with van der Waals surface area (Å²) in [6.07, 6.45) is -0.0913. The number of amides is 2. The predicted octanol–water partition coefficient (Wildman–Crippen LogP) is -0.966. The molecule has 1 fully saturated rings. The van der Waals surface area contributed by atoms with Crippen molar-refractivity contribution in [2.45, 2.75) is 43.6 Å². The standard InChI is InChI=1S/C28H30N4O10/c1-42-24-22(36)20-15(21(35)23(24)37)8-19(26(38)31-18(28(40)41)6-12(10-33)11-34)32-25(20)30-17(27(32)39)7-13-9-29-16-5-3-2-4-14(13)16/h2-5,9,12,17-19,25,29-30,33-34,37H,6-8,10-11H2,1H3,(H,31,38)(H,40,41)/t17-,18-,19+,25-/m0/s1. The number of hydrogen-bond donors (Lipinski definition) is 7. The molecule has 0 bridgehead atoms. The van der Waals surface area contributed by atoms with Crippen LogP contribution >= 0.6 is 0 Å². The molecule has 42 heavy (non-hydrogen) atoms. The van der Waals surface area contributed by atoms with Gasteiger partial charge < -0.3 is 40.4 Å². The van der Waals surface area contributed by atoms with E-state index in [-0.39, 0.29) is 24.0 Å². The van der Waals surface area contributed by atoms with Gasteiger partial charge in [0.25, 0.3) is 0 Å². The van der Waals surface area contributed by atoms with Gasteiger partial charge in [-0.1, -0.05) is 18.2 Å². The summed E-state index contributed by atoms with van der Waals surface area (Å²) in [7, 11) is 1.12. The smallest absolute Gasteiger partial charge is 0.326 e. The number of para-hydroxylation sites is 1. The molecule has 222 valence electrons. The molecule has 14 nitrogen and oxygen atoms in total. The van der Waals surface area contributed by atoms with Crippen LogP contribution in [0.2, 0.25) is 0 Å². The molecule has 14 heteroatoms. The Labute approximate surface area is 238 Å². The van der Waals surface area contributed by atoms with Crippen molar-refractivity contribution in [2.75, 3.05) is 20.3 Å². The second kappa shape index (κ2) is 11.4. The van der Waals surface area contributed by atoms with E-state index in [1.54, 1.807) is 6.20 Å². The minimum absolute atomic E-state index is 0.135. The van der Waals surface area contributed by atoms with Gasteiger partial charge in [0.1, 0.15) is 18.2 Å². The predicted molar refractivity (Wildman–Crippen MR) is 144 cm³/mol. The minimum atomic E-state index is -1.53. The molecule has 3 heterocycles. The number of ether oxygens (including phenoxy) is 1. The number of aliphatic carboxylic acids is 1. The van der Waals surface area contributed by atoms with Crippen LogP contribution in [-0.4, -0.2) is 104 Å². The summed E-state index contributed by atoms with van der Waals surface area (Å²) in [6, 6.07) is 3.59. The highest BCUT2D eigenvalue weighted by atomic mass is 16.5. The van der Waals surface area contributed by atoms with Gasteiger partial charge in [-0.05, 0) is 24.5 Å². The highest BCUT2D eigenvalue weighted by Gasteiger charge is 2.55. The Bertz CT molecular complexity index is 1540. The van der Waals surface area contributed by atoms with E-state index in [4.69, 9.17) is 4.74 Å². The summed E-state index contributed by atoms with van der Waals surface area (Å²) < 4.78 is 4.99. The fraction of sp³-hybridized carbons (Fsp3) is 0.393. The van der Waals surface area contributed by atoms with Crippen molar-refractivity contribution in [1.29, 1.82) is 0 Å². The number of benzene rings is 1. The fourth-order valence-corrected chi connectivity index (χ4v) is 5.83. The van der Waals surface area contributed by atoms with Gasteiger partial charge in [0.05, 0.1) is 13.2 Å². The number of ketones is 2. The third-order valence-corrected chi connectivity index (χ3v) is 7.98. The molecular formula is C28H30N4O10. The lowest BCUT2D eigenvalue weighted by Gasteiger charge is -2.39. The third-order valence-electron chi connectivity index (χ3n) is 7.98. The molecule has 1 saturated heterocycles. The maximum absolute atomic E-state index is 13.9. The number of rotatable bonds is 10. The molecule has 0 spiro atoms. The van der Waals surface area contributed by atoms with Crippen LogP contribution in [0.15, 0.2) is 53.1 Å².